The van der Waals surface area contributed by atoms with E-state index in [9.17, 15) is 4.79 Å². The maximum absolute atomic E-state index is 12.5. The molecule has 3 aromatic rings. The van der Waals surface area contributed by atoms with Crippen LogP contribution in [-0.2, 0) is 13.6 Å². The third kappa shape index (κ3) is 4.23. The van der Waals surface area contributed by atoms with Crippen molar-refractivity contribution in [2.24, 2.45) is 7.05 Å². The van der Waals surface area contributed by atoms with Crippen LogP contribution in [0.25, 0.3) is 10.9 Å². The van der Waals surface area contributed by atoms with Crippen LogP contribution in [0, 0.1) is 13.8 Å². The third-order valence-corrected chi connectivity index (χ3v) is 4.37. The monoisotopic (exact) mass is 356 g/mol. The van der Waals surface area contributed by atoms with Crippen molar-refractivity contribution in [3.05, 3.63) is 69.9 Å². The molecule has 3 rings (SSSR count). The SMILES string of the molecule is CC.Cc1ccc(CNC(=O)c2cc3c(Cl)cc(C)cc3n2C)cc1. The average molecular weight is 357 g/mol. The predicted octanol–water partition coefficient (Wildman–Crippen LogP) is 5.40. The summed E-state index contributed by atoms with van der Waals surface area (Å²) in [6, 6.07) is 13.9. The lowest BCUT2D eigenvalue weighted by Crippen LogP contribution is -2.24. The van der Waals surface area contributed by atoms with Crippen LogP contribution in [-0.4, -0.2) is 10.5 Å². The van der Waals surface area contributed by atoms with E-state index in [1.54, 1.807) is 0 Å². The van der Waals surface area contributed by atoms with E-state index in [0.717, 1.165) is 22.0 Å². The molecule has 132 valence electrons. The molecule has 25 heavy (non-hydrogen) atoms. The Morgan fingerprint density at radius 3 is 2.32 bits per heavy atom. The molecule has 1 aromatic heterocycles. The van der Waals surface area contributed by atoms with Crippen LogP contribution in [0.1, 0.15) is 41.0 Å². The van der Waals surface area contributed by atoms with Crippen molar-refractivity contribution < 1.29 is 4.79 Å². The number of nitrogens with zero attached hydrogens (tertiary/aromatic N) is 1. The summed E-state index contributed by atoms with van der Waals surface area (Å²) in [6.07, 6.45) is 0. The Morgan fingerprint density at radius 1 is 1.04 bits per heavy atom. The van der Waals surface area contributed by atoms with Crippen molar-refractivity contribution in [2.45, 2.75) is 34.2 Å². The molecule has 0 unspecified atom stereocenters. The molecule has 0 bridgehead atoms. The van der Waals surface area contributed by atoms with Crippen molar-refractivity contribution in [2.75, 3.05) is 0 Å². The number of hydrogen-bond acceptors (Lipinski definition) is 1. The van der Waals surface area contributed by atoms with Crippen molar-refractivity contribution in [3.63, 3.8) is 0 Å². The van der Waals surface area contributed by atoms with Gasteiger partial charge >= 0.3 is 0 Å². The Bertz CT molecular complexity index is 879. The molecule has 1 amide bonds. The summed E-state index contributed by atoms with van der Waals surface area (Å²) in [4.78, 5) is 12.5. The number of nitrogens with one attached hydrogen (secondary N) is 1. The molecule has 0 atom stereocenters. The van der Waals surface area contributed by atoms with Gasteiger partial charge in [-0.3, -0.25) is 4.79 Å². The summed E-state index contributed by atoms with van der Waals surface area (Å²) in [6.45, 7) is 8.55. The fraction of sp³-hybridized carbons (Fsp3) is 0.286. The smallest absolute Gasteiger partial charge is 0.268 e. The molecule has 1 N–H and O–H groups in total. The molecule has 0 radical (unpaired) electrons. The van der Waals surface area contributed by atoms with Gasteiger partial charge in [-0.05, 0) is 43.2 Å². The minimum absolute atomic E-state index is 0.0991. The first kappa shape index (κ1) is 19.1. The van der Waals surface area contributed by atoms with Gasteiger partial charge in [0.15, 0.2) is 0 Å². The third-order valence-electron chi connectivity index (χ3n) is 4.06. The van der Waals surface area contributed by atoms with Gasteiger partial charge in [-0.2, -0.15) is 0 Å². The van der Waals surface area contributed by atoms with E-state index < -0.39 is 0 Å². The zero-order chi connectivity index (χ0) is 18.6. The Hall–Kier alpha value is -2.26. The van der Waals surface area contributed by atoms with Gasteiger partial charge in [0.25, 0.3) is 5.91 Å². The highest BCUT2D eigenvalue weighted by molar-refractivity contribution is 6.35. The highest BCUT2D eigenvalue weighted by atomic mass is 35.5. The molecule has 0 aliphatic heterocycles. The van der Waals surface area contributed by atoms with E-state index in [0.29, 0.717) is 17.3 Å². The summed E-state index contributed by atoms with van der Waals surface area (Å²) >= 11 is 6.30. The predicted molar refractivity (Wildman–Crippen MR) is 106 cm³/mol. The topological polar surface area (TPSA) is 34.0 Å². The van der Waals surface area contributed by atoms with E-state index in [4.69, 9.17) is 11.6 Å². The first-order chi connectivity index (χ1) is 12.0. The zero-order valence-corrected chi connectivity index (χ0v) is 16.2. The molecular formula is C21H25ClN2O. The highest BCUT2D eigenvalue weighted by Crippen LogP contribution is 2.28. The molecule has 4 heteroatoms. The number of aromatic nitrogens is 1. The van der Waals surface area contributed by atoms with Crippen molar-refractivity contribution in [3.8, 4) is 0 Å². The molecule has 0 saturated heterocycles. The second-order valence-corrected chi connectivity index (χ2v) is 6.34. The van der Waals surface area contributed by atoms with E-state index in [1.807, 2.05) is 81.8 Å². The lowest BCUT2D eigenvalue weighted by molar-refractivity contribution is 0.0943. The number of carbonyl (C=O) groups is 1. The second kappa shape index (κ2) is 8.21. The van der Waals surface area contributed by atoms with Crippen LogP contribution in [0.15, 0.2) is 42.5 Å². The lowest BCUT2D eigenvalue weighted by Gasteiger charge is -2.07. The van der Waals surface area contributed by atoms with Gasteiger partial charge in [-0.1, -0.05) is 55.3 Å². The number of fused-ring (bicyclic) bond motifs is 1. The van der Waals surface area contributed by atoms with E-state index >= 15 is 0 Å². The van der Waals surface area contributed by atoms with Crippen LogP contribution >= 0.6 is 11.6 Å². The minimum Gasteiger partial charge on any atom is -0.347 e. The summed E-state index contributed by atoms with van der Waals surface area (Å²) in [5.41, 5.74) is 4.95. The van der Waals surface area contributed by atoms with Crippen molar-refractivity contribution >= 4 is 28.4 Å². The normalized spacial score (nSPS) is 10.3. The molecule has 0 aliphatic rings. The summed E-state index contributed by atoms with van der Waals surface area (Å²) in [7, 11) is 1.89. The number of benzene rings is 2. The standard InChI is InChI=1S/C19H19ClN2O.C2H6/c1-12-4-6-14(7-5-12)11-21-19(23)18-10-15-16(20)8-13(2)9-17(15)22(18)3;1-2/h4-10H,11H2,1-3H3,(H,21,23);1-2H3. The Morgan fingerprint density at radius 2 is 1.68 bits per heavy atom. The Labute approximate surface area is 154 Å². The van der Waals surface area contributed by atoms with Crippen molar-refractivity contribution in [1.29, 1.82) is 0 Å². The quantitative estimate of drug-likeness (QED) is 0.669. The fourth-order valence-corrected chi connectivity index (χ4v) is 3.04. The van der Waals surface area contributed by atoms with Gasteiger partial charge in [0.2, 0.25) is 0 Å². The lowest BCUT2D eigenvalue weighted by atomic mass is 10.1. The van der Waals surface area contributed by atoms with E-state index in [-0.39, 0.29) is 5.91 Å². The van der Waals surface area contributed by atoms with Crippen LogP contribution in [0.2, 0.25) is 5.02 Å². The number of carbonyl (C=O) groups excluding carboxylic acids is 1. The van der Waals surface area contributed by atoms with Gasteiger partial charge in [0, 0.05) is 19.0 Å². The maximum atomic E-state index is 12.5. The van der Waals surface area contributed by atoms with Gasteiger partial charge in [0.1, 0.15) is 5.69 Å². The average Bonchev–Trinajstić information content (AvgIpc) is 2.93. The van der Waals surface area contributed by atoms with Crippen molar-refractivity contribution in [1.82, 2.24) is 9.88 Å². The summed E-state index contributed by atoms with van der Waals surface area (Å²) in [5.74, 6) is -0.0991. The van der Waals surface area contributed by atoms with Gasteiger partial charge in [-0.25, -0.2) is 0 Å². The van der Waals surface area contributed by atoms with Gasteiger partial charge < -0.3 is 9.88 Å². The molecule has 0 spiro atoms. The number of hydrogen-bond donors (Lipinski definition) is 1. The number of aryl methyl sites for hydroxylation is 3. The van der Waals surface area contributed by atoms with E-state index in [2.05, 4.69) is 5.32 Å². The minimum atomic E-state index is -0.0991. The molecule has 0 aliphatic carbocycles. The van der Waals surface area contributed by atoms with Gasteiger partial charge in [0.05, 0.1) is 10.5 Å². The second-order valence-electron chi connectivity index (χ2n) is 5.94. The Balaban J connectivity index is 0.00000109. The molecule has 0 saturated carbocycles. The highest BCUT2D eigenvalue weighted by Gasteiger charge is 2.15. The zero-order valence-electron chi connectivity index (χ0n) is 15.5. The largest absolute Gasteiger partial charge is 0.347 e. The Kier molecular flexibility index (Phi) is 6.27. The number of amides is 1. The summed E-state index contributed by atoms with van der Waals surface area (Å²) < 4.78 is 1.89. The maximum Gasteiger partial charge on any atom is 0.268 e. The fourth-order valence-electron chi connectivity index (χ4n) is 2.72. The van der Waals surface area contributed by atoms with Gasteiger partial charge in [-0.15, -0.1) is 0 Å². The molecule has 2 aromatic carbocycles. The van der Waals surface area contributed by atoms with Crippen LogP contribution in [0.5, 0.6) is 0 Å². The van der Waals surface area contributed by atoms with Crippen LogP contribution in [0.3, 0.4) is 0 Å². The van der Waals surface area contributed by atoms with E-state index in [1.165, 1.54) is 5.56 Å². The first-order valence-corrected chi connectivity index (χ1v) is 8.93. The first-order valence-electron chi connectivity index (χ1n) is 8.55. The number of rotatable bonds is 3. The van der Waals surface area contributed by atoms with Crippen LogP contribution < -0.4 is 5.32 Å². The van der Waals surface area contributed by atoms with Crippen LogP contribution in [0.4, 0.5) is 0 Å². The molecule has 3 nitrogen and oxygen atoms in total. The summed E-state index contributed by atoms with van der Waals surface area (Å²) in [5, 5.41) is 4.54. The molecule has 1 heterocycles. The number of halogens is 1. The molecular weight excluding hydrogens is 332 g/mol. The molecule has 0 fully saturated rings.